The SMILES string of the molecule is Cc1cc(CO)cnc1N1CCC(C(F)(F)F)CC1. The number of nitrogens with zero attached hydrogens (tertiary/aromatic N) is 2. The van der Waals surface area contributed by atoms with Crippen LogP contribution in [-0.2, 0) is 6.61 Å². The third kappa shape index (κ3) is 3.18. The van der Waals surface area contributed by atoms with Crippen LogP contribution in [0, 0.1) is 12.8 Å². The molecule has 0 aromatic carbocycles. The van der Waals surface area contributed by atoms with Crippen LogP contribution in [0.25, 0.3) is 0 Å². The van der Waals surface area contributed by atoms with E-state index in [0.717, 1.165) is 11.4 Å². The van der Waals surface area contributed by atoms with E-state index in [1.807, 2.05) is 17.9 Å². The van der Waals surface area contributed by atoms with E-state index in [1.54, 1.807) is 6.20 Å². The van der Waals surface area contributed by atoms with Gasteiger partial charge in [0.1, 0.15) is 5.82 Å². The van der Waals surface area contributed by atoms with Crippen LogP contribution in [0.4, 0.5) is 19.0 Å². The monoisotopic (exact) mass is 274 g/mol. The van der Waals surface area contributed by atoms with Gasteiger partial charge in [0, 0.05) is 19.3 Å². The van der Waals surface area contributed by atoms with Gasteiger partial charge in [-0.05, 0) is 37.0 Å². The predicted octanol–water partition coefficient (Wildman–Crippen LogP) is 2.66. The smallest absolute Gasteiger partial charge is 0.391 e. The summed E-state index contributed by atoms with van der Waals surface area (Å²) < 4.78 is 37.8. The Balaban J connectivity index is 2.06. The molecule has 0 spiro atoms. The number of pyridine rings is 1. The first-order valence-corrected chi connectivity index (χ1v) is 6.30. The summed E-state index contributed by atoms with van der Waals surface area (Å²) in [5, 5.41) is 9.01. The highest BCUT2D eigenvalue weighted by Gasteiger charge is 2.41. The van der Waals surface area contributed by atoms with Crippen molar-refractivity contribution < 1.29 is 18.3 Å². The summed E-state index contributed by atoms with van der Waals surface area (Å²) in [6.07, 6.45) is -2.29. The molecule has 0 atom stereocenters. The van der Waals surface area contributed by atoms with Crippen molar-refractivity contribution in [1.29, 1.82) is 0 Å². The average Bonchev–Trinajstić information content (AvgIpc) is 2.37. The number of aromatic nitrogens is 1. The zero-order valence-corrected chi connectivity index (χ0v) is 10.7. The molecule has 1 N–H and O–H groups in total. The first kappa shape index (κ1) is 14.1. The van der Waals surface area contributed by atoms with E-state index in [-0.39, 0.29) is 19.4 Å². The van der Waals surface area contributed by atoms with Crippen LogP contribution in [0.1, 0.15) is 24.0 Å². The van der Waals surface area contributed by atoms with Gasteiger partial charge in [-0.2, -0.15) is 13.2 Å². The fourth-order valence-electron chi connectivity index (χ4n) is 2.46. The quantitative estimate of drug-likeness (QED) is 0.900. The number of hydrogen-bond donors (Lipinski definition) is 1. The predicted molar refractivity (Wildman–Crippen MR) is 65.9 cm³/mol. The molecular formula is C13H17F3N2O. The Hall–Kier alpha value is -1.30. The Bertz CT molecular complexity index is 440. The lowest BCUT2D eigenvalue weighted by atomic mass is 9.96. The van der Waals surface area contributed by atoms with E-state index >= 15 is 0 Å². The van der Waals surface area contributed by atoms with Gasteiger partial charge in [-0.3, -0.25) is 0 Å². The summed E-state index contributed by atoms with van der Waals surface area (Å²) in [4.78, 5) is 6.13. The van der Waals surface area contributed by atoms with Gasteiger partial charge in [0.15, 0.2) is 0 Å². The van der Waals surface area contributed by atoms with Gasteiger partial charge in [0.05, 0.1) is 12.5 Å². The maximum Gasteiger partial charge on any atom is 0.391 e. The largest absolute Gasteiger partial charge is 0.392 e. The summed E-state index contributed by atoms with van der Waals surface area (Å²) in [5.41, 5.74) is 1.60. The number of piperidine rings is 1. The molecular weight excluding hydrogens is 257 g/mol. The lowest BCUT2D eigenvalue weighted by molar-refractivity contribution is -0.179. The molecule has 19 heavy (non-hydrogen) atoms. The molecule has 0 unspecified atom stereocenters. The van der Waals surface area contributed by atoms with Crippen molar-refractivity contribution in [2.75, 3.05) is 18.0 Å². The first-order valence-electron chi connectivity index (χ1n) is 6.30. The fourth-order valence-corrected chi connectivity index (χ4v) is 2.46. The van der Waals surface area contributed by atoms with Crippen molar-refractivity contribution in [3.8, 4) is 0 Å². The number of hydrogen-bond acceptors (Lipinski definition) is 3. The lowest BCUT2D eigenvalue weighted by Crippen LogP contribution is -2.39. The van der Waals surface area contributed by atoms with Gasteiger partial charge in [0.25, 0.3) is 0 Å². The molecule has 0 amide bonds. The third-order valence-electron chi connectivity index (χ3n) is 3.55. The molecule has 0 radical (unpaired) electrons. The highest BCUT2D eigenvalue weighted by atomic mass is 19.4. The molecule has 3 nitrogen and oxygen atoms in total. The number of rotatable bonds is 2. The maximum atomic E-state index is 12.6. The minimum Gasteiger partial charge on any atom is -0.392 e. The first-order chi connectivity index (χ1) is 8.91. The second-order valence-electron chi connectivity index (χ2n) is 4.95. The number of alkyl halides is 3. The number of aliphatic hydroxyl groups excluding tert-OH is 1. The van der Waals surface area contributed by atoms with Crippen LogP contribution in [-0.4, -0.2) is 29.4 Å². The molecule has 1 saturated heterocycles. The molecule has 0 aliphatic carbocycles. The van der Waals surface area contributed by atoms with E-state index < -0.39 is 12.1 Å². The van der Waals surface area contributed by atoms with Crippen LogP contribution in [0.2, 0.25) is 0 Å². The second kappa shape index (κ2) is 5.36. The molecule has 0 bridgehead atoms. The minimum absolute atomic E-state index is 0.0791. The van der Waals surface area contributed by atoms with E-state index in [4.69, 9.17) is 5.11 Å². The van der Waals surface area contributed by atoms with Crippen molar-refractivity contribution >= 4 is 5.82 Å². The van der Waals surface area contributed by atoms with Crippen molar-refractivity contribution in [3.05, 3.63) is 23.4 Å². The van der Waals surface area contributed by atoms with Crippen LogP contribution in [0.5, 0.6) is 0 Å². The summed E-state index contributed by atoms with van der Waals surface area (Å²) in [6.45, 7) is 2.52. The van der Waals surface area contributed by atoms with Crippen molar-refractivity contribution in [1.82, 2.24) is 4.98 Å². The Morgan fingerprint density at radius 1 is 1.37 bits per heavy atom. The molecule has 106 valence electrons. The van der Waals surface area contributed by atoms with Crippen molar-refractivity contribution in [2.45, 2.75) is 32.5 Å². The van der Waals surface area contributed by atoms with E-state index in [2.05, 4.69) is 4.98 Å². The minimum atomic E-state index is -4.09. The third-order valence-corrected chi connectivity index (χ3v) is 3.55. The molecule has 1 aliphatic rings. The Morgan fingerprint density at radius 2 is 2.00 bits per heavy atom. The molecule has 0 saturated carbocycles. The van der Waals surface area contributed by atoms with Gasteiger partial charge in [-0.15, -0.1) is 0 Å². The normalized spacial score (nSPS) is 17.8. The maximum absolute atomic E-state index is 12.6. The molecule has 1 aromatic heterocycles. The zero-order valence-electron chi connectivity index (χ0n) is 10.7. The summed E-state index contributed by atoms with van der Waals surface area (Å²) in [6, 6.07) is 1.82. The zero-order chi connectivity index (χ0) is 14.0. The van der Waals surface area contributed by atoms with Gasteiger partial charge >= 0.3 is 6.18 Å². The standard InChI is InChI=1S/C13H17F3N2O/c1-9-6-10(8-19)7-17-12(9)18-4-2-11(3-5-18)13(14,15)16/h6-7,11,19H,2-5,8H2,1H3. The lowest BCUT2D eigenvalue weighted by Gasteiger charge is -2.34. The van der Waals surface area contributed by atoms with Gasteiger partial charge in [0.2, 0.25) is 0 Å². The number of aliphatic hydroxyl groups is 1. The van der Waals surface area contributed by atoms with Crippen LogP contribution in [0.15, 0.2) is 12.3 Å². The van der Waals surface area contributed by atoms with Crippen LogP contribution < -0.4 is 4.90 Å². The molecule has 1 aliphatic heterocycles. The van der Waals surface area contributed by atoms with Gasteiger partial charge in [-0.1, -0.05) is 0 Å². The number of aryl methyl sites for hydroxylation is 1. The van der Waals surface area contributed by atoms with Crippen LogP contribution >= 0.6 is 0 Å². The molecule has 1 aromatic rings. The highest BCUT2D eigenvalue weighted by molar-refractivity contribution is 5.47. The van der Waals surface area contributed by atoms with Gasteiger partial charge in [-0.25, -0.2) is 4.98 Å². The summed E-state index contributed by atoms with van der Waals surface area (Å²) in [7, 11) is 0. The molecule has 1 fully saturated rings. The number of halogens is 3. The average molecular weight is 274 g/mol. The van der Waals surface area contributed by atoms with Gasteiger partial charge < -0.3 is 10.0 Å². The van der Waals surface area contributed by atoms with E-state index in [1.165, 1.54) is 0 Å². The van der Waals surface area contributed by atoms with Crippen molar-refractivity contribution in [2.24, 2.45) is 5.92 Å². The fraction of sp³-hybridized carbons (Fsp3) is 0.615. The van der Waals surface area contributed by atoms with E-state index in [9.17, 15) is 13.2 Å². The van der Waals surface area contributed by atoms with E-state index in [0.29, 0.717) is 18.7 Å². The Morgan fingerprint density at radius 3 is 2.47 bits per heavy atom. The highest BCUT2D eigenvalue weighted by Crippen LogP contribution is 2.35. The molecule has 2 heterocycles. The summed E-state index contributed by atoms with van der Waals surface area (Å²) >= 11 is 0. The second-order valence-corrected chi connectivity index (χ2v) is 4.95. The Labute approximate surface area is 110 Å². The van der Waals surface area contributed by atoms with Crippen LogP contribution in [0.3, 0.4) is 0 Å². The Kier molecular flexibility index (Phi) is 3.99. The summed E-state index contributed by atoms with van der Waals surface area (Å²) in [5.74, 6) is -0.474. The molecule has 2 rings (SSSR count). The van der Waals surface area contributed by atoms with Crippen molar-refractivity contribution in [3.63, 3.8) is 0 Å². The number of anilines is 1. The molecule has 6 heteroatoms. The topological polar surface area (TPSA) is 36.4 Å².